The van der Waals surface area contributed by atoms with E-state index in [1.54, 1.807) is 0 Å². The quantitative estimate of drug-likeness (QED) is 0.850. The maximum Gasteiger partial charge on any atom is 0.233 e. The fourth-order valence-electron chi connectivity index (χ4n) is 2.33. The molecule has 1 aliphatic rings. The number of rotatable bonds is 5. The van der Waals surface area contributed by atoms with Crippen molar-refractivity contribution in [1.82, 2.24) is 15.1 Å². The van der Waals surface area contributed by atoms with E-state index in [0.29, 0.717) is 5.75 Å². The summed E-state index contributed by atoms with van der Waals surface area (Å²) < 4.78 is 0.823. The Labute approximate surface area is 138 Å². The molecule has 0 saturated carbocycles. The number of nitrogens with zero attached hydrogens (tertiary/aromatic N) is 3. The van der Waals surface area contributed by atoms with E-state index in [1.165, 1.54) is 23.1 Å². The van der Waals surface area contributed by atoms with Crippen molar-refractivity contribution in [3.63, 3.8) is 0 Å². The van der Waals surface area contributed by atoms with E-state index < -0.39 is 0 Å². The lowest BCUT2D eigenvalue weighted by Crippen LogP contribution is -2.29. The molecule has 2 heterocycles. The van der Waals surface area contributed by atoms with Gasteiger partial charge in [-0.1, -0.05) is 41.3 Å². The molecule has 2 aromatic rings. The number of aromatic nitrogens is 2. The topological polar surface area (TPSA) is 58.1 Å². The highest BCUT2D eigenvalue weighted by molar-refractivity contribution is 8.01. The molecule has 1 aliphatic heterocycles. The largest absolute Gasteiger partial charge is 0.342 e. The predicted octanol–water partition coefficient (Wildman–Crippen LogP) is 3.30. The van der Waals surface area contributed by atoms with Crippen molar-refractivity contribution < 1.29 is 4.79 Å². The molecule has 7 heteroatoms. The van der Waals surface area contributed by atoms with Crippen molar-refractivity contribution in [3.8, 4) is 0 Å². The van der Waals surface area contributed by atoms with Crippen LogP contribution in [0.1, 0.15) is 18.4 Å². The highest BCUT2D eigenvalue weighted by Gasteiger charge is 2.18. The van der Waals surface area contributed by atoms with E-state index >= 15 is 0 Å². The van der Waals surface area contributed by atoms with Gasteiger partial charge < -0.3 is 10.2 Å². The first-order valence-corrected chi connectivity index (χ1v) is 9.09. The maximum atomic E-state index is 12.0. The summed E-state index contributed by atoms with van der Waals surface area (Å²) in [5.74, 6) is 0.644. The molecule has 0 bridgehead atoms. The molecule has 0 aliphatic carbocycles. The number of aryl methyl sites for hydroxylation is 1. The van der Waals surface area contributed by atoms with Gasteiger partial charge in [-0.2, -0.15) is 0 Å². The van der Waals surface area contributed by atoms with Gasteiger partial charge in [0.1, 0.15) is 0 Å². The van der Waals surface area contributed by atoms with Crippen molar-refractivity contribution in [2.75, 3.05) is 24.2 Å². The Morgan fingerprint density at radius 2 is 2.09 bits per heavy atom. The minimum Gasteiger partial charge on any atom is -0.342 e. The second-order valence-corrected chi connectivity index (χ2v) is 7.39. The zero-order valence-electron chi connectivity index (χ0n) is 12.4. The molecule has 116 valence electrons. The standard InChI is InChI=1S/C15H18N4OS2/c1-11-6-2-3-7-12(11)16-14-17-18-15(22-14)21-10-13(20)19-8-4-5-9-19/h2-3,6-7H,4-5,8-10H2,1H3,(H,16,17). The van der Waals surface area contributed by atoms with Crippen LogP contribution in [0.25, 0.3) is 0 Å². The van der Waals surface area contributed by atoms with E-state index in [2.05, 4.69) is 15.5 Å². The van der Waals surface area contributed by atoms with Gasteiger partial charge in [0.2, 0.25) is 11.0 Å². The minimum absolute atomic E-state index is 0.200. The summed E-state index contributed by atoms with van der Waals surface area (Å²) in [6, 6.07) is 8.06. The fourth-order valence-corrected chi connectivity index (χ4v) is 4.00. The van der Waals surface area contributed by atoms with E-state index in [-0.39, 0.29) is 5.91 Å². The monoisotopic (exact) mass is 334 g/mol. The summed E-state index contributed by atoms with van der Waals surface area (Å²) in [6.07, 6.45) is 2.25. The lowest BCUT2D eigenvalue weighted by molar-refractivity contribution is -0.127. The lowest BCUT2D eigenvalue weighted by atomic mass is 10.2. The summed E-state index contributed by atoms with van der Waals surface area (Å²) in [5.41, 5.74) is 2.19. The van der Waals surface area contributed by atoms with Crippen molar-refractivity contribution in [3.05, 3.63) is 29.8 Å². The lowest BCUT2D eigenvalue weighted by Gasteiger charge is -2.13. The molecule has 1 saturated heterocycles. The Morgan fingerprint density at radius 3 is 2.86 bits per heavy atom. The van der Waals surface area contributed by atoms with Crippen LogP contribution in [0, 0.1) is 6.92 Å². The number of nitrogens with one attached hydrogen (secondary N) is 1. The Hall–Kier alpha value is -1.60. The number of para-hydroxylation sites is 1. The molecular weight excluding hydrogens is 316 g/mol. The summed E-state index contributed by atoms with van der Waals surface area (Å²) in [4.78, 5) is 13.9. The molecule has 0 unspecified atom stereocenters. The fraction of sp³-hybridized carbons (Fsp3) is 0.400. The van der Waals surface area contributed by atoms with Gasteiger partial charge in [-0.15, -0.1) is 10.2 Å². The van der Waals surface area contributed by atoms with Gasteiger partial charge in [-0.3, -0.25) is 4.79 Å². The van der Waals surface area contributed by atoms with Crippen molar-refractivity contribution >= 4 is 39.8 Å². The molecule has 0 atom stereocenters. The van der Waals surface area contributed by atoms with Crippen LogP contribution in [0.5, 0.6) is 0 Å². The highest BCUT2D eigenvalue weighted by atomic mass is 32.2. The SMILES string of the molecule is Cc1ccccc1Nc1nnc(SCC(=O)N2CCCC2)s1. The van der Waals surface area contributed by atoms with Crippen molar-refractivity contribution in [2.45, 2.75) is 24.1 Å². The first-order chi connectivity index (χ1) is 10.7. The Morgan fingerprint density at radius 1 is 1.32 bits per heavy atom. The number of thioether (sulfide) groups is 1. The summed E-state index contributed by atoms with van der Waals surface area (Å²) in [7, 11) is 0. The van der Waals surface area contributed by atoms with E-state index in [9.17, 15) is 4.79 Å². The van der Waals surface area contributed by atoms with Gasteiger partial charge in [-0.05, 0) is 31.4 Å². The third kappa shape index (κ3) is 3.78. The number of amides is 1. The molecule has 1 fully saturated rings. The average molecular weight is 334 g/mol. The van der Waals surface area contributed by atoms with Crippen molar-refractivity contribution in [2.24, 2.45) is 0 Å². The first-order valence-electron chi connectivity index (χ1n) is 7.29. The molecule has 3 rings (SSSR count). The molecular formula is C15H18N4OS2. The molecule has 0 spiro atoms. The minimum atomic E-state index is 0.200. The number of benzene rings is 1. The summed E-state index contributed by atoms with van der Waals surface area (Å²) in [5, 5.41) is 12.3. The second-order valence-electron chi connectivity index (χ2n) is 5.19. The Balaban J connectivity index is 1.55. The zero-order valence-corrected chi connectivity index (χ0v) is 14.0. The third-order valence-corrected chi connectivity index (χ3v) is 5.53. The molecule has 1 aromatic heterocycles. The van der Waals surface area contributed by atoms with Crippen LogP contribution in [0.4, 0.5) is 10.8 Å². The van der Waals surface area contributed by atoms with Gasteiger partial charge >= 0.3 is 0 Å². The number of carbonyl (C=O) groups excluding carboxylic acids is 1. The number of hydrogen-bond acceptors (Lipinski definition) is 6. The molecule has 22 heavy (non-hydrogen) atoms. The zero-order chi connectivity index (χ0) is 15.4. The van der Waals surface area contributed by atoms with Gasteiger partial charge in [0, 0.05) is 18.8 Å². The average Bonchev–Trinajstić information content (AvgIpc) is 3.19. The van der Waals surface area contributed by atoms with Gasteiger partial charge in [0.15, 0.2) is 4.34 Å². The van der Waals surface area contributed by atoms with Crippen LogP contribution in [-0.4, -0.2) is 39.8 Å². The van der Waals surface area contributed by atoms with E-state index in [1.807, 2.05) is 36.1 Å². The molecule has 1 amide bonds. The second kappa shape index (κ2) is 7.11. The van der Waals surface area contributed by atoms with Crippen LogP contribution in [-0.2, 0) is 4.79 Å². The number of anilines is 2. The molecule has 5 nitrogen and oxygen atoms in total. The van der Waals surface area contributed by atoms with Crippen LogP contribution in [0.15, 0.2) is 28.6 Å². The van der Waals surface area contributed by atoms with E-state index in [4.69, 9.17) is 0 Å². The molecule has 1 aromatic carbocycles. The van der Waals surface area contributed by atoms with Crippen LogP contribution >= 0.6 is 23.1 Å². The van der Waals surface area contributed by atoms with Gasteiger partial charge in [0.25, 0.3) is 0 Å². The van der Waals surface area contributed by atoms with Crippen LogP contribution in [0.2, 0.25) is 0 Å². The van der Waals surface area contributed by atoms with E-state index in [0.717, 1.165) is 46.7 Å². The van der Waals surface area contributed by atoms with Gasteiger partial charge in [-0.25, -0.2) is 0 Å². The Bertz CT molecular complexity index is 652. The first kappa shape index (κ1) is 15.3. The van der Waals surface area contributed by atoms with Crippen LogP contribution < -0.4 is 5.32 Å². The van der Waals surface area contributed by atoms with Gasteiger partial charge in [0.05, 0.1) is 5.75 Å². The smallest absolute Gasteiger partial charge is 0.233 e. The molecule has 0 radical (unpaired) electrons. The summed E-state index contributed by atoms with van der Waals surface area (Å²) >= 11 is 2.94. The van der Waals surface area contributed by atoms with Crippen molar-refractivity contribution in [1.29, 1.82) is 0 Å². The predicted molar refractivity (Wildman–Crippen MR) is 90.9 cm³/mol. The number of carbonyl (C=O) groups is 1. The number of hydrogen-bond donors (Lipinski definition) is 1. The van der Waals surface area contributed by atoms with Crippen LogP contribution in [0.3, 0.4) is 0 Å². The highest BCUT2D eigenvalue weighted by Crippen LogP contribution is 2.29. The third-order valence-electron chi connectivity index (χ3n) is 3.57. The Kier molecular flexibility index (Phi) is 4.94. The summed E-state index contributed by atoms with van der Waals surface area (Å²) in [6.45, 7) is 3.85. The number of likely N-dealkylation sites (tertiary alicyclic amines) is 1. The molecule has 1 N–H and O–H groups in total. The normalized spacial score (nSPS) is 14.3. The maximum absolute atomic E-state index is 12.0.